The normalized spacial score (nSPS) is 14.9. The fraction of sp³-hybridized carbons (Fsp3) is 0.944. The maximum absolute atomic E-state index is 13.0. The Labute approximate surface area is 549 Å². The van der Waals surface area contributed by atoms with Crippen molar-refractivity contribution >= 4 is 39.5 Å². The predicted molar refractivity (Wildman–Crippen MR) is 363 cm³/mol. The van der Waals surface area contributed by atoms with Gasteiger partial charge in [0.15, 0.2) is 12.2 Å². The molecule has 0 fully saturated rings. The third kappa shape index (κ3) is 62.2. The van der Waals surface area contributed by atoms with Gasteiger partial charge in [0.1, 0.15) is 19.3 Å². The minimum absolute atomic E-state index is 0.102. The fourth-order valence-electron chi connectivity index (χ4n) is 10.6. The second kappa shape index (κ2) is 60.7. The molecule has 19 heteroatoms. The van der Waals surface area contributed by atoms with E-state index in [9.17, 15) is 43.2 Å². The van der Waals surface area contributed by atoms with E-state index in [1.165, 1.54) is 148 Å². The van der Waals surface area contributed by atoms with Crippen LogP contribution < -0.4 is 0 Å². The maximum Gasteiger partial charge on any atom is 0.472 e. The minimum Gasteiger partial charge on any atom is -0.462 e. The topological polar surface area (TPSA) is 237 Å². The van der Waals surface area contributed by atoms with Gasteiger partial charge in [0.2, 0.25) is 0 Å². The number of hydrogen-bond acceptors (Lipinski definition) is 15. The van der Waals surface area contributed by atoms with Gasteiger partial charge in [-0.25, -0.2) is 9.13 Å². The number of aliphatic hydroxyl groups is 1. The van der Waals surface area contributed by atoms with E-state index < -0.39 is 97.5 Å². The van der Waals surface area contributed by atoms with Crippen LogP contribution in [0.2, 0.25) is 0 Å². The lowest BCUT2D eigenvalue weighted by molar-refractivity contribution is -0.161. The first-order chi connectivity index (χ1) is 43.2. The third-order valence-corrected chi connectivity index (χ3v) is 18.9. The lowest BCUT2D eigenvalue weighted by Gasteiger charge is -2.21. The van der Waals surface area contributed by atoms with Gasteiger partial charge in [0, 0.05) is 25.7 Å². The Kier molecular flexibility index (Phi) is 59.4. The van der Waals surface area contributed by atoms with E-state index in [4.69, 9.17) is 37.0 Å². The summed E-state index contributed by atoms with van der Waals surface area (Å²) < 4.78 is 68.3. The van der Waals surface area contributed by atoms with Crippen LogP contribution >= 0.6 is 15.6 Å². The van der Waals surface area contributed by atoms with E-state index in [0.29, 0.717) is 31.6 Å². The van der Waals surface area contributed by atoms with Crippen molar-refractivity contribution in [1.29, 1.82) is 0 Å². The molecule has 0 aromatic heterocycles. The van der Waals surface area contributed by atoms with Gasteiger partial charge in [-0.1, -0.05) is 299 Å². The molecule has 0 bridgehead atoms. The summed E-state index contributed by atoms with van der Waals surface area (Å²) in [4.78, 5) is 72.6. The quantitative estimate of drug-likeness (QED) is 0.0222. The highest BCUT2D eigenvalue weighted by Gasteiger charge is 2.30. The first-order valence-electron chi connectivity index (χ1n) is 36.8. The smallest absolute Gasteiger partial charge is 0.462 e. The number of carbonyl (C=O) groups excluding carboxylic acids is 4. The summed E-state index contributed by atoms with van der Waals surface area (Å²) in [5.41, 5.74) is 0. The van der Waals surface area contributed by atoms with Crippen LogP contribution in [-0.2, 0) is 65.4 Å². The second-order valence-electron chi connectivity index (χ2n) is 27.1. The number of ether oxygens (including phenoxy) is 4. The van der Waals surface area contributed by atoms with Crippen molar-refractivity contribution in [3.05, 3.63) is 0 Å². The summed E-state index contributed by atoms with van der Waals surface area (Å²) in [5, 5.41) is 10.6. The van der Waals surface area contributed by atoms with Gasteiger partial charge in [0.25, 0.3) is 0 Å². The summed E-state index contributed by atoms with van der Waals surface area (Å²) in [7, 11) is -9.90. The van der Waals surface area contributed by atoms with Crippen LogP contribution in [0.1, 0.15) is 351 Å². The SMILES string of the molecule is CCC(C)CCCCCCCCCCCCC(=O)OC[C@H](COP(=O)(O)OC[C@@H](O)COP(=O)(O)OC[C@@H](COC(=O)CCCCCCCCC(C)CC)OC(=O)CCCCCCCCCC(C)C)OC(=O)CCCCCCCCCCCCCCCC(C)C. The van der Waals surface area contributed by atoms with Gasteiger partial charge in [-0.2, -0.15) is 0 Å². The first kappa shape index (κ1) is 88.1. The van der Waals surface area contributed by atoms with E-state index >= 15 is 0 Å². The molecule has 3 N–H and O–H groups in total. The summed E-state index contributed by atoms with van der Waals surface area (Å²) in [6.07, 6.45) is 43.1. The Hall–Kier alpha value is -1.94. The van der Waals surface area contributed by atoms with Gasteiger partial charge < -0.3 is 33.8 Å². The highest BCUT2D eigenvalue weighted by molar-refractivity contribution is 7.47. The number of phosphoric ester groups is 2. The maximum atomic E-state index is 13.0. The molecule has 0 amide bonds. The second-order valence-corrected chi connectivity index (χ2v) is 30.0. The molecule has 0 saturated heterocycles. The van der Waals surface area contributed by atoms with Gasteiger partial charge >= 0.3 is 39.5 Å². The number of hydrogen-bond donors (Lipinski definition) is 3. The van der Waals surface area contributed by atoms with Crippen molar-refractivity contribution in [3.63, 3.8) is 0 Å². The molecule has 7 atom stereocenters. The number of carbonyl (C=O) groups is 4. The van der Waals surface area contributed by atoms with Gasteiger partial charge in [-0.3, -0.25) is 37.3 Å². The van der Waals surface area contributed by atoms with Crippen LogP contribution in [0.4, 0.5) is 0 Å². The fourth-order valence-corrected chi connectivity index (χ4v) is 12.2. The largest absolute Gasteiger partial charge is 0.472 e. The molecule has 0 rings (SSSR count). The highest BCUT2D eigenvalue weighted by Crippen LogP contribution is 2.45. The molecule has 0 aliphatic heterocycles. The number of rotatable bonds is 68. The summed E-state index contributed by atoms with van der Waals surface area (Å²) >= 11 is 0. The molecule has 0 heterocycles. The van der Waals surface area contributed by atoms with Crippen molar-refractivity contribution in [3.8, 4) is 0 Å². The van der Waals surface area contributed by atoms with Crippen molar-refractivity contribution < 1.29 is 80.2 Å². The van der Waals surface area contributed by atoms with E-state index in [0.717, 1.165) is 114 Å². The molecule has 0 aromatic rings. The zero-order chi connectivity index (χ0) is 66.8. The molecule has 0 spiro atoms. The summed E-state index contributed by atoms with van der Waals surface area (Å²) in [6, 6.07) is 0. The molecule has 0 radical (unpaired) electrons. The molecule has 90 heavy (non-hydrogen) atoms. The van der Waals surface area contributed by atoms with Crippen molar-refractivity contribution in [1.82, 2.24) is 0 Å². The zero-order valence-corrected chi connectivity index (χ0v) is 60.6. The summed E-state index contributed by atoms with van der Waals surface area (Å²) in [5.74, 6) is 0.892. The highest BCUT2D eigenvalue weighted by atomic mass is 31.2. The van der Waals surface area contributed by atoms with E-state index in [1.54, 1.807) is 0 Å². The molecule has 0 aliphatic rings. The predicted octanol–water partition coefficient (Wildman–Crippen LogP) is 20.1. The van der Waals surface area contributed by atoms with Crippen LogP contribution in [-0.4, -0.2) is 96.7 Å². The Morgan fingerprint density at radius 1 is 0.311 bits per heavy atom. The van der Waals surface area contributed by atoms with E-state index in [1.807, 2.05) is 0 Å². The van der Waals surface area contributed by atoms with Gasteiger partial charge in [0.05, 0.1) is 26.4 Å². The minimum atomic E-state index is -4.95. The van der Waals surface area contributed by atoms with E-state index in [2.05, 4.69) is 55.4 Å². The molecule has 4 unspecified atom stereocenters. The number of esters is 4. The number of unbranched alkanes of at least 4 members (excludes halogenated alkanes) is 32. The molecular formula is C71H138O17P2. The lowest BCUT2D eigenvalue weighted by atomic mass is 9.99. The van der Waals surface area contributed by atoms with Crippen LogP contribution in [0.25, 0.3) is 0 Å². The lowest BCUT2D eigenvalue weighted by Crippen LogP contribution is -2.30. The molecule has 0 aliphatic carbocycles. The summed E-state index contributed by atoms with van der Waals surface area (Å²) in [6.45, 7) is 14.1. The molecule has 17 nitrogen and oxygen atoms in total. The molecule has 0 saturated carbocycles. The van der Waals surface area contributed by atoms with Crippen LogP contribution in [0.3, 0.4) is 0 Å². The monoisotopic (exact) mass is 1320 g/mol. The van der Waals surface area contributed by atoms with Gasteiger partial charge in [-0.15, -0.1) is 0 Å². The Morgan fingerprint density at radius 2 is 0.533 bits per heavy atom. The Balaban J connectivity index is 5.26. The molecule has 0 aromatic carbocycles. The average Bonchev–Trinajstić information content (AvgIpc) is 3.71. The first-order valence-corrected chi connectivity index (χ1v) is 39.8. The van der Waals surface area contributed by atoms with Gasteiger partial charge in [-0.05, 0) is 49.4 Å². The standard InChI is InChI=1S/C71H138O17P2/c1-9-63(7)49-41-33-25-19-16-17-20-26-35-43-51-68(73)81-57-66(87-70(75)53-45-37-27-21-15-13-11-12-14-18-23-31-39-47-61(3)4)59-85-89(77,78)83-55-65(72)56-84-90(79,80)86-60-67(88-71(76)54-46-38-28-22-24-32-40-48-62(5)6)58-82-69(74)52-44-36-30-29-34-42-50-64(8)10-2/h61-67,72H,9-60H2,1-8H3,(H,77,78)(H,79,80)/t63?,64?,65-,66-,67-/m1/s1. The third-order valence-electron chi connectivity index (χ3n) is 17.0. The average molecular weight is 1330 g/mol. The number of phosphoric acid groups is 2. The van der Waals surface area contributed by atoms with Crippen molar-refractivity contribution in [2.75, 3.05) is 39.6 Å². The Bertz CT molecular complexity index is 1790. The molecular weight excluding hydrogens is 1190 g/mol. The zero-order valence-electron chi connectivity index (χ0n) is 58.8. The van der Waals surface area contributed by atoms with E-state index in [-0.39, 0.29) is 25.7 Å². The van der Waals surface area contributed by atoms with Crippen LogP contribution in [0.5, 0.6) is 0 Å². The van der Waals surface area contributed by atoms with Crippen LogP contribution in [0, 0.1) is 23.7 Å². The van der Waals surface area contributed by atoms with Crippen molar-refractivity contribution in [2.24, 2.45) is 23.7 Å². The molecule has 534 valence electrons. The Morgan fingerprint density at radius 3 is 0.789 bits per heavy atom. The van der Waals surface area contributed by atoms with Crippen molar-refractivity contribution in [2.45, 2.75) is 369 Å². The van der Waals surface area contributed by atoms with Crippen LogP contribution in [0.15, 0.2) is 0 Å². The number of aliphatic hydroxyl groups excluding tert-OH is 1.